The molecule has 2 heteroatoms. The van der Waals surface area contributed by atoms with Gasteiger partial charge in [0.05, 0.1) is 6.42 Å². The summed E-state index contributed by atoms with van der Waals surface area (Å²) < 4.78 is 5.48. The number of carbonyl (C=O) groups is 1. The molecular weight excluding hydrogens is 236 g/mol. The molecule has 0 fully saturated rings. The Morgan fingerprint density at radius 3 is 1.89 bits per heavy atom. The number of cyclic esters (lactones) is 1. The molecule has 0 saturated heterocycles. The van der Waals surface area contributed by atoms with Gasteiger partial charge in [-0.3, -0.25) is 4.79 Å². The first-order valence-electron chi connectivity index (χ1n) is 6.82. The third-order valence-corrected chi connectivity index (χ3v) is 4.39. The van der Waals surface area contributed by atoms with E-state index in [9.17, 15) is 4.79 Å². The molecule has 1 atom stereocenters. The molecule has 0 saturated carbocycles. The number of carbonyl (C=O) groups excluding carboxylic acids is 1. The lowest BCUT2D eigenvalue weighted by Gasteiger charge is -2.23. The van der Waals surface area contributed by atoms with E-state index >= 15 is 0 Å². The molecule has 0 amide bonds. The number of hydrogen-bond acceptors (Lipinski definition) is 2. The second-order valence-electron chi connectivity index (χ2n) is 5.69. The van der Waals surface area contributed by atoms with Gasteiger partial charge >= 0.3 is 5.97 Å². The van der Waals surface area contributed by atoms with Crippen LogP contribution in [0.5, 0.6) is 0 Å². The van der Waals surface area contributed by atoms with Crippen molar-refractivity contribution >= 4 is 11.7 Å². The van der Waals surface area contributed by atoms with Crippen molar-refractivity contribution in [1.29, 1.82) is 0 Å². The fraction of sp³-hybridized carbons (Fsp3) is 0.471. The van der Waals surface area contributed by atoms with E-state index in [1.54, 1.807) is 0 Å². The number of benzene rings is 1. The number of hydrogen-bond donors (Lipinski definition) is 0. The van der Waals surface area contributed by atoms with E-state index in [2.05, 4.69) is 47.6 Å². The zero-order valence-electron chi connectivity index (χ0n) is 12.7. The minimum absolute atomic E-state index is 0.125. The quantitative estimate of drug-likeness (QED) is 0.707. The van der Waals surface area contributed by atoms with E-state index < -0.39 is 0 Å². The van der Waals surface area contributed by atoms with Gasteiger partial charge in [-0.15, -0.1) is 0 Å². The summed E-state index contributed by atoms with van der Waals surface area (Å²) in [4.78, 5) is 11.7. The van der Waals surface area contributed by atoms with Gasteiger partial charge in [-0.1, -0.05) is 6.92 Å². The molecule has 2 nitrogen and oxygen atoms in total. The predicted molar refractivity (Wildman–Crippen MR) is 78.0 cm³/mol. The molecule has 0 aromatic heterocycles. The Labute approximate surface area is 115 Å². The van der Waals surface area contributed by atoms with Gasteiger partial charge in [-0.2, -0.15) is 0 Å². The molecule has 1 unspecified atom stereocenters. The van der Waals surface area contributed by atoms with Crippen molar-refractivity contribution in [3.8, 4) is 0 Å². The zero-order chi connectivity index (χ0) is 14.3. The lowest BCUT2D eigenvalue weighted by atomic mass is 9.87. The summed E-state index contributed by atoms with van der Waals surface area (Å²) in [6.45, 7) is 12.7. The van der Waals surface area contributed by atoms with E-state index in [-0.39, 0.29) is 11.9 Å². The van der Waals surface area contributed by atoms with E-state index in [0.29, 0.717) is 6.42 Å². The molecule has 0 N–H and O–H groups in total. The summed E-state index contributed by atoms with van der Waals surface area (Å²) in [5, 5.41) is 0. The van der Waals surface area contributed by atoms with E-state index in [1.165, 1.54) is 27.8 Å². The summed E-state index contributed by atoms with van der Waals surface area (Å²) in [7, 11) is 0. The van der Waals surface area contributed by atoms with Crippen LogP contribution in [0.25, 0.3) is 5.76 Å². The summed E-state index contributed by atoms with van der Waals surface area (Å²) in [6, 6.07) is 0. The van der Waals surface area contributed by atoms with E-state index in [4.69, 9.17) is 4.74 Å². The second-order valence-corrected chi connectivity index (χ2v) is 5.69. The topological polar surface area (TPSA) is 26.3 Å². The number of esters is 1. The minimum atomic E-state index is -0.125. The van der Waals surface area contributed by atoms with Crippen molar-refractivity contribution in [3.05, 3.63) is 39.5 Å². The van der Waals surface area contributed by atoms with E-state index in [1.807, 2.05) is 0 Å². The first kappa shape index (κ1) is 13.9. The Bertz CT molecular complexity index is 550. The van der Waals surface area contributed by atoms with Crippen LogP contribution in [0.4, 0.5) is 0 Å². The molecule has 0 bridgehead atoms. The average Bonchev–Trinajstić information content (AvgIpc) is 2.33. The maximum absolute atomic E-state index is 11.7. The fourth-order valence-electron chi connectivity index (χ4n) is 2.78. The van der Waals surface area contributed by atoms with E-state index in [0.717, 1.165) is 11.3 Å². The van der Waals surface area contributed by atoms with Crippen LogP contribution in [0.2, 0.25) is 0 Å². The Morgan fingerprint density at radius 2 is 1.42 bits per heavy atom. The molecule has 1 aliphatic heterocycles. The van der Waals surface area contributed by atoms with Gasteiger partial charge in [0.2, 0.25) is 0 Å². The monoisotopic (exact) mass is 258 g/mol. The second kappa shape index (κ2) is 4.84. The molecular formula is C17H22O2. The lowest BCUT2D eigenvalue weighted by Crippen LogP contribution is -2.16. The highest BCUT2D eigenvalue weighted by Crippen LogP contribution is 2.34. The third kappa shape index (κ3) is 2.32. The summed E-state index contributed by atoms with van der Waals surface area (Å²) >= 11 is 0. The average molecular weight is 258 g/mol. The summed E-state index contributed by atoms with van der Waals surface area (Å²) in [5.41, 5.74) is 7.43. The molecule has 0 spiro atoms. The highest BCUT2D eigenvalue weighted by atomic mass is 16.5. The van der Waals surface area contributed by atoms with Crippen molar-refractivity contribution < 1.29 is 9.53 Å². The Balaban J connectivity index is 2.67. The van der Waals surface area contributed by atoms with Crippen molar-refractivity contribution in [3.63, 3.8) is 0 Å². The summed E-state index contributed by atoms with van der Waals surface area (Å²) in [6.07, 6.45) is 2.55. The molecule has 1 heterocycles. The number of rotatable bonds is 1. The largest absolute Gasteiger partial charge is 0.426 e. The first-order chi connectivity index (χ1) is 8.82. The van der Waals surface area contributed by atoms with Crippen molar-refractivity contribution in [2.75, 3.05) is 0 Å². The molecule has 2 rings (SSSR count). The Morgan fingerprint density at radius 1 is 0.947 bits per heavy atom. The highest BCUT2D eigenvalue weighted by Gasteiger charge is 2.23. The highest BCUT2D eigenvalue weighted by molar-refractivity contribution is 5.83. The van der Waals surface area contributed by atoms with Crippen LogP contribution >= 0.6 is 0 Å². The summed E-state index contributed by atoms with van der Waals surface area (Å²) in [5.74, 6) is 0.863. The molecule has 19 heavy (non-hydrogen) atoms. The van der Waals surface area contributed by atoms with Gasteiger partial charge in [0.15, 0.2) is 0 Å². The van der Waals surface area contributed by atoms with Crippen LogP contribution in [-0.4, -0.2) is 5.97 Å². The molecule has 0 aliphatic carbocycles. The molecule has 0 radical (unpaired) electrons. The van der Waals surface area contributed by atoms with Crippen molar-refractivity contribution in [2.45, 2.75) is 48.0 Å². The van der Waals surface area contributed by atoms with Gasteiger partial charge in [0.25, 0.3) is 0 Å². The normalized spacial score (nSPS) is 19.2. The van der Waals surface area contributed by atoms with Crippen LogP contribution in [0.1, 0.15) is 46.7 Å². The lowest BCUT2D eigenvalue weighted by molar-refractivity contribution is -0.138. The molecule has 1 aromatic rings. The maximum Gasteiger partial charge on any atom is 0.311 e. The van der Waals surface area contributed by atoms with Crippen molar-refractivity contribution in [1.82, 2.24) is 0 Å². The smallest absolute Gasteiger partial charge is 0.311 e. The van der Waals surface area contributed by atoms with Gasteiger partial charge in [0, 0.05) is 5.56 Å². The van der Waals surface area contributed by atoms with Gasteiger partial charge in [-0.25, -0.2) is 0 Å². The van der Waals surface area contributed by atoms with Crippen LogP contribution in [-0.2, 0) is 9.53 Å². The van der Waals surface area contributed by atoms with Gasteiger partial charge in [0.1, 0.15) is 5.76 Å². The van der Waals surface area contributed by atoms with Crippen LogP contribution < -0.4 is 0 Å². The van der Waals surface area contributed by atoms with Crippen molar-refractivity contribution in [2.24, 2.45) is 5.92 Å². The molecule has 102 valence electrons. The number of allylic oxidation sites excluding steroid dienone is 1. The minimum Gasteiger partial charge on any atom is -0.426 e. The Hall–Kier alpha value is -1.57. The SMILES string of the molecule is Cc1c(C)c(C)c(C2=CC(C)CC(=O)O2)c(C)c1C. The maximum atomic E-state index is 11.7. The standard InChI is InChI=1S/C17H22O2/c1-9-7-15(19-16(18)8-9)17-13(5)11(3)10(2)12(4)14(17)6/h7,9H,8H2,1-6H3. The van der Waals surface area contributed by atoms with Crippen LogP contribution in [0, 0.1) is 40.5 Å². The number of ether oxygens (including phenoxy) is 1. The Kier molecular flexibility index (Phi) is 3.53. The first-order valence-corrected chi connectivity index (χ1v) is 6.82. The molecule has 1 aliphatic rings. The van der Waals surface area contributed by atoms with Gasteiger partial charge in [-0.05, 0) is 74.4 Å². The predicted octanol–water partition coefficient (Wildman–Crippen LogP) is 4.15. The van der Waals surface area contributed by atoms with Gasteiger partial charge < -0.3 is 4.74 Å². The van der Waals surface area contributed by atoms with Crippen LogP contribution in [0.15, 0.2) is 6.08 Å². The van der Waals surface area contributed by atoms with Crippen LogP contribution in [0.3, 0.4) is 0 Å². The molecule has 1 aromatic carbocycles. The zero-order valence-corrected chi connectivity index (χ0v) is 12.7. The third-order valence-electron chi connectivity index (χ3n) is 4.39. The fourth-order valence-corrected chi connectivity index (χ4v) is 2.78.